The predicted molar refractivity (Wildman–Crippen MR) is 91.0 cm³/mol. The number of anilines is 1. The predicted octanol–water partition coefficient (Wildman–Crippen LogP) is 1.65. The summed E-state index contributed by atoms with van der Waals surface area (Å²) in [5.74, 6) is 1.75. The van der Waals surface area contributed by atoms with E-state index in [2.05, 4.69) is 20.6 Å². The van der Waals surface area contributed by atoms with E-state index in [0.717, 1.165) is 34.2 Å². The maximum Gasteiger partial charge on any atom is 0.267 e. The third-order valence-corrected chi connectivity index (χ3v) is 5.53. The number of aromatic nitrogens is 4. The highest BCUT2D eigenvalue weighted by atomic mass is 32.2. The fourth-order valence-corrected chi connectivity index (χ4v) is 3.89. The minimum atomic E-state index is -0.323. The van der Waals surface area contributed by atoms with Gasteiger partial charge in [0.15, 0.2) is 0 Å². The zero-order valence-corrected chi connectivity index (χ0v) is 14.5. The quantitative estimate of drug-likeness (QED) is 0.901. The van der Waals surface area contributed by atoms with E-state index in [4.69, 9.17) is 0 Å². The Morgan fingerprint density at radius 3 is 3.00 bits per heavy atom. The molecule has 1 N–H and O–H groups in total. The van der Waals surface area contributed by atoms with E-state index >= 15 is 0 Å². The molecule has 1 aliphatic rings. The van der Waals surface area contributed by atoms with Gasteiger partial charge in [-0.25, -0.2) is 4.68 Å². The Morgan fingerprint density at radius 1 is 1.43 bits per heavy atom. The summed E-state index contributed by atoms with van der Waals surface area (Å²) in [7, 11) is 0. The van der Waals surface area contributed by atoms with Crippen LogP contribution in [-0.4, -0.2) is 31.6 Å². The van der Waals surface area contributed by atoms with Gasteiger partial charge in [0.05, 0.1) is 5.69 Å². The number of nitrogens with zero attached hydrogens (tertiary/aromatic N) is 4. The van der Waals surface area contributed by atoms with Crippen LogP contribution in [0.1, 0.15) is 36.0 Å². The molecular weight excluding hydrogens is 334 g/mol. The molecule has 1 aliphatic heterocycles. The molecule has 0 unspecified atom stereocenters. The number of amides is 1. The van der Waals surface area contributed by atoms with Crippen molar-refractivity contribution < 1.29 is 4.79 Å². The number of hydrogen-bond donors (Lipinski definition) is 1. The summed E-state index contributed by atoms with van der Waals surface area (Å²) in [5, 5.41) is 16.3. The highest BCUT2D eigenvalue weighted by Gasteiger charge is 2.16. The molecular formula is C14H17N5O2S2. The van der Waals surface area contributed by atoms with Crippen LogP contribution >= 0.6 is 23.1 Å². The molecule has 1 amide bonds. The van der Waals surface area contributed by atoms with Gasteiger partial charge in [0.25, 0.3) is 5.56 Å². The molecule has 2 aromatic heterocycles. The van der Waals surface area contributed by atoms with E-state index in [9.17, 15) is 9.59 Å². The van der Waals surface area contributed by atoms with Crippen LogP contribution in [0.4, 0.5) is 5.13 Å². The van der Waals surface area contributed by atoms with Crippen molar-refractivity contribution in [1.29, 1.82) is 0 Å². The first-order valence-electron chi connectivity index (χ1n) is 7.34. The smallest absolute Gasteiger partial charge is 0.267 e. The summed E-state index contributed by atoms with van der Waals surface area (Å²) in [6.07, 6.45) is 0.829. The molecule has 0 saturated carbocycles. The standard InChI is InChI=1S/C14H17N5O2S2/c1-8(2)13-16-17-14(23-13)15-11(20)6-19-12(21)5-9-7-22-4-3-10(9)18-19/h5,8H,3-4,6-7H2,1-2H3,(H,15,17,20). The lowest BCUT2D eigenvalue weighted by atomic mass is 10.2. The second kappa shape index (κ2) is 6.79. The van der Waals surface area contributed by atoms with Gasteiger partial charge >= 0.3 is 0 Å². The SMILES string of the molecule is CC(C)c1nnc(NC(=O)Cn2nc3c(cc2=O)CSCC3)s1. The molecule has 0 atom stereocenters. The van der Waals surface area contributed by atoms with E-state index in [0.29, 0.717) is 5.13 Å². The molecule has 0 fully saturated rings. The lowest BCUT2D eigenvalue weighted by Crippen LogP contribution is -2.31. The van der Waals surface area contributed by atoms with Crippen LogP contribution < -0.4 is 10.9 Å². The van der Waals surface area contributed by atoms with E-state index in [1.165, 1.54) is 16.0 Å². The van der Waals surface area contributed by atoms with Crippen molar-refractivity contribution in [2.75, 3.05) is 11.1 Å². The second-order valence-electron chi connectivity index (χ2n) is 5.56. The zero-order chi connectivity index (χ0) is 16.4. The van der Waals surface area contributed by atoms with Crippen LogP contribution in [0.3, 0.4) is 0 Å². The first kappa shape index (κ1) is 16.1. The Bertz CT molecular complexity index is 784. The molecule has 3 heterocycles. The summed E-state index contributed by atoms with van der Waals surface area (Å²) in [6, 6.07) is 1.59. The molecule has 0 radical (unpaired) electrons. The summed E-state index contributed by atoms with van der Waals surface area (Å²) in [6.45, 7) is 3.91. The molecule has 9 heteroatoms. The molecule has 23 heavy (non-hydrogen) atoms. The van der Waals surface area contributed by atoms with Crippen molar-refractivity contribution >= 4 is 34.1 Å². The van der Waals surface area contributed by atoms with Crippen LogP contribution in [0, 0.1) is 0 Å². The molecule has 0 spiro atoms. The van der Waals surface area contributed by atoms with Gasteiger partial charge in [0.1, 0.15) is 11.6 Å². The lowest BCUT2D eigenvalue weighted by Gasteiger charge is -2.15. The maximum atomic E-state index is 12.1. The van der Waals surface area contributed by atoms with Gasteiger partial charge in [0, 0.05) is 24.2 Å². The largest absolute Gasteiger partial charge is 0.299 e. The fourth-order valence-electron chi connectivity index (χ4n) is 2.18. The summed E-state index contributed by atoms with van der Waals surface area (Å²) in [4.78, 5) is 24.2. The average Bonchev–Trinajstić information content (AvgIpc) is 2.96. The van der Waals surface area contributed by atoms with Crippen LogP contribution in [0.15, 0.2) is 10.9 Å². The monoisotopic (exact) mass is 351 g/mol. The van der Waals surface area contributed by atoms with E-state index in [1.54, 1.807) is 17.8 Å². The highest BCUT2D eigenvalue weighted by Crippen LogP contribution is 2.22. The van der Waals surface area contributed by atoms with Crippen molar-refractivity contribution in [3.05, 3.63) is 32.7 Å². The van der Waals surface area contributed by atoms with Crippen LogP contribution in [0.2, 0.25) is 0 Å². The number of hydrogen-bond acceptors (Lipinski definition) is 7. The van der Waals surface area contributed by atoms with E-state index < -0.39 is 0 Å². The number of thioether (sulfide) groups is 1. The normalized spacial score (nSPS) is 13.9. The summed E-state index contributed by atoms with van der Waals surface area (Å²) in [5.41, 5.74) is 1.64. The minimum Gasteiger partial charge on any atom is -0.299 e. The number of nitrogens with one attached hydrogen (secondary N) is 1. The number of aryl methyl sites for hydroxylation is 1. The molecule has 3 rings (SSSR count). The van der Waals surface area contributed by atoms with Crippen LogP contribution in [0.5, 0.6) is 0 Å². The third kappa shape index (κ3) is 3.78. The zero-order valence-electron chi connectivity index (χ0n) is 12.9. The van der Waals surface area contributed by atoms with Gasteiger partial charge in [-0.2, -0.15) is 16.9 Å². The lowest BCUT2D eigenvalue weighted by molar-refractivity contribution is -0.117. The molecule has 0 aliphatic carbocycles. The number of carbonyl (C=O) groups is 1. The number of fused-ring (bicyclic) bond motifs is 1. The minimum absolute atomic E-state index is 0.115. The highest BCUT2D eigenvalue weighted by molar-refractivity contribution is 7.98. The Balaban J connectivity index is 1.71. The molecule has 7 nitrogen and oxygen atoms in total. The average molecular weight is 351 g/mol. The fraction of sp³-hybridized carbons (Fsp3) is 0.500. The summed E-state index contributed by atoms with van der Waals surface area (Å²) >= 11 is 3.13. The van der Waals surface area contributed by atoms with Crippen LogP contribution in [-0.2, 0) is 23.5 Å². The van der Waals surface area contributed by atoms with Crippen molar-refractivity contribution in [3.8, 4) is 0 Å². The first-order chi connectivity index (χ1) is 11.0. The summed E-state index contributed by atoms with van der Waals surface area (Å²) < 4.78 is 1.22. The van der Waals surface area contributed by atoms with Gasteiger partial charge in [-0.15, -0.1) is 10.2 Å². The third-order valence-electron chi connectivity index (χ3n) is 3.38. The van der Waals surface area contributed by atoms with Gasteiger partial charge < -0.3 is 0 Å². The van der Waals surface area contributed by atoms with Gasteiger partial charge in [-0.1, -0.05) is 25.2 Å². The van der Waals surface area contributed by atoms with Gasteiger partial charge in [0.2, 0.25) is 11.0 Å². The molecule has 122 valence electrons. The van der Waals surface area contributed by atoms with Crippen LogP contribution in [0.25, 0.3) is 0 Å². The Kier molecular flexibility index (Phi) is 4.76. The van der Waals surface area contributed by atoms with E-state index in [1.807, 2.05) is 13.8 Å². The Hall–Kier alpha value is -1.74. The molecule has 0 bridgehead atoms. The topological polar surface area (TPSA) is 89.8 Å². The maximum absolute atomic E-state index is 12.1. The first-order valence-corrected chi connectivity index (χ1v) is 9.31. The van der Waals surface area contributed by atoms with Crippen molar-refractivity contribution in [2.24, 2.45) is 0 Å². The van der Waals surface area contributed by atoms with Crippen molar-refractivity contribution in [3.63, 3.8) is 0 Å². The Labute approximate surface area is 141 Å². The molecule has 0 aromatic carbocycles. The van der Waals surface area contributed by atoms with E-state index in [-0.39, 0.29) is 23.9 Å². The van der Waals surface area contributed by atoms with Crippen molar-refractivity contribution in [2.45, 2.75) is 38.5 Å². The van der Waals surface area contributed by atoms with Crippen molar-refractivity contribution in [1.82, 2.24) is 20.0 Å². The second-order valence-corrected chi connectivity index (χ2v) is 7.68. The molecule has 0 saturated heterocycles. The Morgan fingerprint density at radius 2 is 2.26 bits per heavy atom. The van der Waals surface area contributed by atoms with Gasteiger partial charge in [-0.05, 0) is 11.3 Å². The number of carbonyl (C=O) groups excluding carboxylic acids is 1. The van der Waals surface area contributed by atoms with Gasteiger partial charge in [-0.3, -0.25) is 14.9 Å². The number of rotatable bonds is 4. The molecule has 2 aromatic rings.